The summed E-state index contributed by atoms with van der Waals surface area (Å²) in [6.45, 7) is -0.385. The minimum atomic E-state index is -1.19. The van der Waals surface area contributed by atoms with E-state index in [9.17, 15) is 15.3 Å². The van der Waals surface area contributed by atoms with Gasteiger partial charge < -0.3 is 25.4 Å². The zero-order chi connectivity index (χ0) is 20.0. The van der Waals surface area contributed by atoms with Gasteiger partial charge in [0.2, 0.25) is 0 Å². The highest BCUT2D eigenvalue weighted by Gasteiger charge is 2.44. The van der Waals surface area contributed by atoms with Crippen LogP contribution in [0.5, 0.6) is 0 Å². The summed E-state index contributed by atoms with van der Waals surface area (Å²) in [7, 11) is 0. The number of aliphatic hydroxyl groups excluding tert-OH is 3. The number of benzene rings is 1. The van der Waals surface area contributed by atoms with Gasteiger partial charge >= 0.3 is 0 Å². The second-order valence-corrected chi connectivity index (χ2v) is 7.56. The van der Waals surface area contributed by atoms with E-state index < -0.39 is 24.5 Å². The van der Waals surface area contributed by atoms with Gasteiger partial charge in [-0.2, -0.15) is 0 Å². The number of hydrogen-bond acceptors (Lipinski definition) is 8. The number of ether oxygens (including phenoxy) is 1. The number of anilines is 1. The average molecular weight is 397 g/mol. The number of fused-ring (bicyclic) bond motifs is 2. The highest BCUT2D eigenvalue weighted by molar-refractivity contribution is 5.83. The molecule has 5 atom stereocenters. The first-order valence-electron chi connectivity index (χ1n) is 9.81. The number of hydrogen-bond donors (Lipinski definition) is 4. The molecule has 1 unspecified atom stereocenters. The topological polar surface area (TPSA) is 126 Å². The Hall–Kier alpha value is -2.59. The quantitative estimate of drug-likeness (QED) is 0.512. The maximum atomic E-state index is 10.3. The molecule has 2 aliphatic rings. The van der Waals surface area contributed by atoms with Crippen molar-refractivity contribution in [2.24, 2.45) is 0 Å². The first kappa shape index (κ1) is 18.4. The van der Waals surface area contributed by atoms with Crippen LogP contribution in [0.2, 0.25) is 0 Å². The minimum Gasteiger partial charge on any atom is -0.394 e. The van der Waals surface area contributed by atoms with Crippen molar-refractivity contribution in [3.05, 3.63) is 48.0 Å². The van der Waals surface area contributed by atoms with Gasteiger partial charge in [0.25, 0.3) is 0 Å². The lowest BCUT2D eigenvalue weighted by molar-refractivity contribution is -0.0511. The second kappa shape index (κ2) is 7.34. The van der Waals surface area contributed by atoms with Crippen molar-refractivity contribution in [2.45, 2.75) is 49.8 Å². The largest absolute Gasteiger partial charge is 0.394 e. The van der Waals surface area contributed by atoms with E-state index in [1.807, 2.05) is 6.07 Å². The fourth-order valence-electron chi connectivity index (χ4n) is 4.32. The van der Waals surface area contributed by atoms with E-state index in [4.69, 9.17) is 4.74 Å². The van der Waals surface area contributed by atoms with Crippen LogP contribution in [0, 0.1) is 0 Å². The molecule has 0 radical (unpaired) electrons. The number of aliphatic hydroxyl groups is 3. The maximum absolute atomic E-state index is 10.3. The Labute approximate surface area is 167 Å². The Balaban J connectivity index is 1.47. The SMILES string of the molecule is OC[C@H]1O[C@@H](n2cnc3c(NC4CCCc5ccccc54)ncnc32)[C@H](O)[C@@H]1O. The van der Waals surface area contributed by atoms with Crippen molar-refractivity contribution in [1.82, 2.24) is 19.5 Å². The van der Waals surface area contributed by atoms with Crippen molar-refractivity contribution in [3.63, 3.8) is 0 Å². The highest BCUT2D eigenvalue weighted by atomic mass is 16.6. The highest BCUT2D eigenvalue weighted by Crippen LogP contribution is 2.35. The number of rotatable bonds is 4. The van der Waals surface area contributed by atoms with E-state index in [0.717, 1.165) is 19.3 Å². The van der Waals surface area contributed by atoms with Gasteiger partial charge in [0, 0.05) is 0 Å². The third-order valence-corrected chi connectivity index (χ3v) is 5.83. The van der Waals surface area contributed by atoms with Crippen LogP contribution in [-0.2, 0) is 11.2 Å². The van der Waals surface area contributed by atoms with Crippen molar-refractivity contribution in [2.75, 3.05) is 11.9 Å². The molecule has 4 N–H and O–H groups in total. The van der Waals surface area contributed by atoms with E-state index in [1.165, 1.54) is 23.8 Å². The monoisotopic (exact) mass is 397 g/mol. The normalized spacial score (nSPS) is 29.1. The summed E-state index contributed by atoms with van der Waals surface area (Å²) >= 11 is 0. The molecule has 1 aromatic carbocycles. The molecule has 0 amide bonds. The van der Waals surface area contributed by atoms with Crippen LogP contribution in [0.15, 0.2) is 36.9 Å². The molecule has 152 valence electrons. The number of nitrogens with one attached hydrogen (secondary N) is 1. The smallest absolute Gasteiger partial charge is 0.167 e. The summed E-state index contributed by atoms with van der Waals surface area (Å²) in [5.74, 6) is 0.613. The van der Waals surface area contributed by atoms with Crippen molar-refractivity contribution in [3.8, 4) is 0 Å². The van der Waals surface area contributed by atoms with Crippen LogP contribution in [0.25, 0.3) is 11.2 Å². The van der Waals surface area contributed by atoms with Crippen LogP contribution in [0.1, 0.15) is 36.2 Å². The number of imidazole rings is 1. The average Bonchev–Trinajstić information content (AvgIpc) is 3.30. The maximum Gasteiger partial charge on any atom is 0.167 e. The van der Waals surface area contributed by atoms with Gasteiger partial charge in [0.15, 0.2) is 23.2 Å². The molecular formula is C20H23N5O4. The molecule has 1 fully saturated rings. The van der Waals surface area contributed by atoms with Crippen LogP contribution in [0.3, 0.4) is 0 Å². The third-order valence-electron chi connectivity index (χ3n) is 5.83. The molecule has 3 heterocycles. The molecule has 3 aromatic rings. The molecule has 0 saturated carbocycles. The standard InChI is InChI=1S/C20H23N5O4/c26-8-14-16(27)17(28)20(29-14)25-10-23-15-18(21-9-22-19(15)25)24-13-7-3-5-11-4-1-2-6-12(11)13/h1-2,4,6,9-10,13-14,16-17,20,26-28H,3,5,7-8H2,(H,21,22,24)/t13?,14-,16-,17-,20-/m1/s1. The first-order valence-corrected chi connectivity index (χ1v) is 9.81. The van der Waals surface area contributed by atoms with Crippen molar-refractivity contribution >= 4 is 17.0 Å². The van der Waals surface area contributed by atoms with Crippen LogP contribution < -0.4 is 5.32 Å². The Morgan fingerprint density at radius 1 is 1.14 bits per heavy atom. The summed E-state index contributed by atoms with van der Waals surface area (Å²) in [4.78, 5) is 13.1. The minimum absolute atomic E-state index is 0.136. The van der Waals surface area contributed by atoms with Gasteiger partial charge in [0.1, 0.15) is 24.6 Å². The lowest BCUT2D eigenvalue weighted by Gasteiger charge is -2.26. The Kier molecular flexibility index (Phi) is 4.67. The van der Waals surface area contributed by atoms with E-state index in [0.29, 0.717) is 17.0 Å². The Bertz CT molecular complexity index is 1030. The molecule has 9 heteroatoms. The fourth-order valence-corrected chi connectivity index (χ4v) is 4.32. The molecule has 0 spiro atoms. The van der Waals surface area contributed by atoms with Crippen LogP contribution in [0.4, 0.5) is 5.82 Å². The number of aromatic nitrogens is 4. The molecule has 1 aliphatic carbocycles. The van der Waals surface area contributed by atoms with E-state index >= 15 is 0 Å². The lowest BCUT2D eigenvalue weighted by atomic mass is 9.88. The molecule has 29 heavy (non-hydrogen) atoms. The van der Waals surface area contributed by atoms with Gasteiger partial charge in [-0.05, 0) is 30.4 Å². The molecule has 5 rings (SSSR count). The first-order chi connectivity index (χ1) is 14.2. The predicted molar refractivity (Wildman–Crippen MR) is 104 cm³/mol. The molecule has 0 bridgehead atoms. The van der Waals surface area contributed by atoms with E-state index in [2.05, 4.69) is 38.5 Å². The zero-order valence-electron chi connectivity index (χ0n) is 15.7. The summed E-state index contributed by atoms with van der Waals surface area (Å²) in [5, 5.41) is 33.2. The van der Waals surface area contributed by atoms with Gasteiger partial charge in [0.05, 0.1) is 19.0 Å². The van der Waals surface area contributed by atoms with Gasteiger partial charge in [-0.3, -0.25) is 4.57 Å². The molecule has 2 aromatic heterocycles. The summed E-state index contributed by atoms with van der Waals surface area (Å²) in [5.41, 5.74) is 3.67. The zero-order valence-corrected chi connectivity index (χ0v) is 15.7. The second-order valence-electron chi connectivity index (χ2n) is 7.56. The van der Waals surface area contributed by atoms with Crippen molar-refractivity contribution in [1.29, 1.82) is 0 Å². The van der Waals surface area contributed by atoms with E-state index in [1.54, 1.807) is 4.57 Å². The van der Waals surface area contributed by atoms with Gasteiger partial charge in [-0.15, -0.1) is 0 Å². The Morgan fingerprint density at radius 2 is 2.00 bits per heavy atom. The number of aryl methyl sites for hydroxylation is 1. The summed E-state index contributed by atoms with van der Waals surface area (Å²) < 4.78 is 7.19. The van der Waals surface area contributed by atoms with Gasteiger partial charge in [-0.25, -0.2) is 15.0 Å². The summed E-state index contributed by atoms with van der Waals surface area (Å²) in [6.07, 6.45) is 2.02. The van der Waals surface area contributed by atoms with Crippen LogP contribution in [-0.4, -0.2) is 59.8 Å². The van der Waals surface area contributed by atoms with Gasteiger partial charge in [-0.1, -0.05) is 24.3 Å². The molecule has 9 nitrogen and oxygen atoms in total. The van der Waals surface area contributed by atoms with E-state index in [-0.39, 0.29) is 12.6 Å². The fraction of sp³-hybridized carbons (Fsp3) is 0.450. The Morgan fingerprint density at radius 3 is 2.83 bits per heavy atom. The lowest BCUT2D eigenvalue weighted by Crippen LogP contribution is -2.33. The molecular weight excluding hydrogens is 374 g/mol. The third kappa shape index (κ3) is 3.06. The predicted octanol–water partition coefficient (Wildman–Crippen LogP) is 0.927. The number of nitrogens with zero attached hydrogens (tertiary/aromatic N) is 4. The summed E-state index contributed by atoms with van der Waals surface area (Å²) in [6, 6.07) is 8.55. The molecule has 1 aliphatic heterocycles. The van der Waals surface area contributed by atoms with Crippen LogP contribution >= 0.6 is 0 Å². The molecule has 1 saturated heterocycles. The van der Waals surface area contributed by atoms with Crippen molar-refractivity contribution < 1.29 is 20.1 Å².